The fourth-order valence-corrected chi connectivity index (χ4v) is 4.38. The van der Waals surface area contributed by atoms with Crippen molar-refractivity contribution in [3.8, 4) is 5.95 Å². The lowest BCUT2D eigenvalue weighted by atomic mass is 9.64. The number of hydrogen-bond donors (Lipinski definition) is 0. The Hall–Kier alpha value is -2.36. The van der Waals surface area contributed by atoms with E-state index in [1.807, 2.05) is 13.8 Å². The van der Waals surface area contributed by atoms with Crippen molar-refractivity contribution in [3.63, 3.8) is 0 Å². The molecule has 1 aromatic rings. The third kappa shape index (κ3) is 3.33. The van der Waals surface area contributed by atoms with Crippen LogP contribution >= 0.6 is 0 Å². The molecule has 0 radical (unpaired) electrons. The number of methoxy groups -OCH3 is 1. The van der Waals surface area contributed by atoms with Crippen molar-refractivity contribution in [3.05, 3.63) is 62.1 Å². The van der Waals surface area contributed by atoms with E-state index in [1.165, 1.54) is 7.11 Å². The van der Waals surface area contributed by atoms with Crippen molar-refractivity contribution in [2.45, 2.75) is 53.9 Å². The molecule has 2 atom stereocenters. The lowest BCUT2D eigenvalue weighted by Gasteiger charge is -2.39. The molecule has 140 valence electrons. The van der Waals surface area contributed by atoms with Gasteiger partial charge in [0.05, 0.1) is 18.1 Å². The maximum Gasteiger partial charge on any atom is 0.291 e. The monoisotopic (exact) mass is 356 g/mol. The number of ether oxygens (including phenoxy) is 1. The van der Waals surface area contributed by atoms with Crippen LogP contribution in [0, 0.1) is 19.8 Å². The second-order valence-corrected chi connectivity index (χ2v) is 7.49. The molecule has 2 rings (SSSR count). The van der Waals surface area contributed by atoms with Gasteiger partial charge in [0.1, 0.15) is 5.76 Å². The number of hydrogen-bond acceptors (Lipinski definition) is 4. The van der Waals surface area contributed by atoms with Crippen molar-refractivity contribution in [2.24, 2.45) is 5.92 Å². The first-order chi connectivity index (χ1) is 12.0. The van der Waals surface area contributed by atoms with E-state index in [0.29, 0.717) is 16.9 Å². The van der Waals surface area contributed by atoms with Crippen molar-refractivity contribution in [2.75, 3.05) is 7.11 Å². The third-order valence-corrected chi connectivity index (χ3v) is 5.12. The van der Waals surface area contributed by atoms with Crippen molar-refractivity contribution in [1.82, 2.24) is 0 Å². The molecule has 0 aromatic carbocycles. The maximum atomic E-state index is 12.7. The third-order valence-electron chi connectivity index (χ3n) is 5.12. The van der Waals surface area contributed by atoms with E-state index < -0.39 is 5.41 Å². The number of carbonyl (C=O) groups is 1. The van der Waals surface area contributed by atoms with Gasteiger partial charge in [-0.2, -0.15) is 0 Å². The fraction of sp³-hybridized carbons (Fsp3) is 0.455. The van der Waals surface area contributed by atoms with Crippen LogP contribution in [0.3, 0.4) is 0 Å². The van der Waals surface area contributed by atoms with Crippen LogP contribution < -0.4 is 10.2 Å². The standard InChI is InChI=1S/C22H28O4/c1-12-9-13(2)18(14(3)10-15(4)23)22(7,11-12)20-16(5)19(24)17(6)21(25-8)26-20/h9-11,18H,1-8H3/b14-10+/t18?,22-/m0/s1. The average Bonchev–Trinajstić information content (AvgIpc) is 2.51. The summed E-state index contributed by atoms with van der Waals surface area (Å²) in [6.45, 7) is 13.1. The predicted molar refractivity (Wildman–Crippen MR) is 104 cm³/mol. The molecular formula is C22H28O4. The Morgan fingerprint density at radius 1 is 1.19 bits per heavy atom. The maximum absolute atomic E-state index is 12.7. The van der Waals surface area contributed by atoms with E-state index >= 15 is 0 Å². The smallest absolute Gasteiger partial charge is 0.291 e. The molecule has 4 nitrogen and oxygen atoms in total. The Bertz CT molecular complexity index is 895. The molecule has 0 bridgehead atoms. The summed E-state index contributed by atoms with van der Waals surface area (Å²) in [4.78, 5) is 24.4. The van der Waals surface area contributed by atoms with E-state index in [9.17, 15) is 9.59 Å². The minimum atomic E-state index is -0.594. The van der Waals surface area contributed by atoms with Crippen LogP contribution in [0.1, 0.15) is 51.5 Å². The average molecular weight is 356 g/mol. The highest BCUT2D eigenvalue weighted by Crippen LogP contribution is 2.47. The van der Waals surface area contributed by atoms with Gasteiger partial charge in [-0.3, -0.25) is 9.59 Å². The van der Waals surface area contributed by atoms with E-state index in [0.717, 1.165) is 16.7 Å². The quantitative estimate of drug-likeness (QED) is 0.741. The van der Waals surface area contributed by atoms with Crippen molar-refractivity contribution in [1.29, 1.82) is 0 Å². The first-order valence-electron chi connectivity index (χ1n) is 8.78. The predicted octanol–water partition coefficient (Wildman–Crippen LogP) is 4.58. The summed E-state index contributed by atoms with van der Waals surface area (Å²) in [5.74, 6) is 0.744. The molecule has 0 spiro atoms. The largest absolute Gasteiger partial charge is 0.468 e. The molecule has 0 saturated carbocycles. The number of rotatable bonds is 4. The molecule has 0 saturated heterocycles. The van der Waals surface area contributed by atoms with Gasteiger partial charge in [0.15, 0.2) is 11.2 Å². The van der Waals surface area contributed by atoms with Gasteiger partial charge in [0, 0.05) is 11.5 Å². The minimum absolute atomic E-state index is 0.00332. The summed E-state index contributed by atoms with van der Waals surface area (Å²) in [7, 11) is 1.50. The molecule has 1 unspecified atom stereocenters. The van der Waals surface area contributed by atoms with E-state index in [1.54, 1.807) is 26.8 Å². The van der Waals surface area contributed by atoms with Crippen LogP contribution in [0.15, 0.2) is 44.2 Å². The SMILES string of the molecule is COc1oc([C@@]2(C)C=C(C)C=C(C)C2/C(C)=C/C(C)=O)c(C)c(=O)c1C. The van der Waals surface area contributed by atoms with Gasteiger partial charge in [-0.1, -0.05) is 28.9 Å². The lowest BCUT2D eigenvalue weighted by molar-refractivity contribution is -0.112. The van der Waals surface area contributed by atoms with Gasteiger partial charge >= 0.3 is 0 Å². The summed E-state index contributed by atoms with van der Waals surface area (Å²) in [5.41, 5.74) is 3.54. The van der Waals surface area contributed by atoms with Crippen LogP contribution in [0.25, 0.3) is 0 Å². The Morgan fingerprint density at radius 3 is 2.35 bits per heavy atom. The van der Waals surface area contributed by atoms with Crippen LogP contribution in [0.5, 0.6) is 5.95 Å². The zero-order valence-corrected chi connectivity index (χ0v) is 16.9. The highest BCUT2D eigenvalue weighted by molar-refractivity contribution is 5.88. The van der Waals surface area contributed by atoms with Crippen LogP contribution in [0.4, 0.5) is 0 Å². The second kappa shape index (κ2) is 7.10. The Balaban J connectivity index is 2.83. The summed E-state index contributed by atoms with van der Waals surface area (Å²) < 4.78 is 11.4. The van der Waals surface area contributed by atoms with Crippen molar-refractivity contribution < 1.29 is 13.9 Å². The Morgan fingerprint density at radius 2 is 1.81 bits per heavy atom. The number of carbonyl (C=O) groups excluding carboxylic acids is 1. The molecule has 1 aliphatic rings. The van der Waals surface area contributed by atoms with Crippen LogP contribution in [-0.2, 0) is 10.2 Å². The van der Waals surface area contributed by atoms with E-state index in [4.69, 9.17) is 9.15 Å². The zero-order chi connectivity index (χ0) is 19.8. The summed E-state index contributed by atoms with van der Waals surface area (Å²) >= 11 is 0. The molecule has 1 aliphatic carbocycles. The molecule has 0 amide bonds. The molecule has 4 heteroatoms. The summed E-state index contributed by atoms with van der Waals surface area (Å²) in [6, 6.07) is 0. The van der Waals surface area contributed by atoms with E-state index in [-0.39, 0.29) is 23.1 Å². The summed E-state index contributed by atoms with van der Waals surface area (Å²) in [5, 5.41) is 0. The fourth-order valence-electron chi connectivity index (χ4n) is 4.38. The first-order valence-corrected chi connectivity index (χ1v) is 8.78. The molecule has 0 aliphatic heterocycles. The molecule has 0 N–H and O–H groups in total. The van der Waals surface area contributed by atoms with Gasteiger partial charge in [0.2, 0.25) is 0 Å². The second-order valence-electron chi connectivity index (χ2n) is 7.49. The van der Waals surface area contributed by atoms with Crippen LogP contribution in [-0.4, -0.2) is 12.9 Å². The van der Waals surface area contributed by atoms with Gasteiger partial charge in [0.25, 0.3) is 5.95 Å². The molecule has 0 fully saturated rings. The number of ketones is 1. The Kier molecular flexibility index (Phi) is 5.45. The Labute approximate surface area is 155 Å². The van der Waals surface area contributed by atoms with E-state index in [2.05, 4.69) is 26.0 Å². The van der Waals surface area contributed by atoms with Gasteiger partial charge in [-0.25, -0.2) is 0 Å². The zero-order valence-electron chi connectivity index (χ0n) is 16.9. The van der Waals surface area contributed by atoms with Gasteiger partial charge < -0.3 is 9.15 Å². The highest BCUT2D eigenvalue weighted by atomic mass is 16.6. The van der Waals surface area contributed by atoms with Crippen molar-refractivity contribution >= 4 is 5.78 Å². The topological polar surface area (TPSA) is 56.5 Å². The molecule has 26 heavy (non-hydrogen) atoms. The van der Waals surface area contributed by atoms with Gasteiger partial charge in [-0.15, -0.1) is 0 Å². The van der Waals surface area contributed by atoms with Gasteiger partial charge in [-0.05, 0) is 54.5 Å². The van der Waals surface area contributed by atoms with Crippen LogP contribution in [0.2, 0.25) is 0 Å². The molecular weight excluding hydrogens is 328 g/mol. The molecule has 1 aromatic heterocycles. The summed E-state index contributed by atoms with van der Waals surface area (Å²) in [6.07, 6.45) is 5.89. The highest BCUT2D eigenvalue weighted by Gasteiger charge is 2.42. The lowest BCUT2D eigenvalue weighted by Crippen LogP contribution is -2.36. The normalized spacial score (nSPS) is 23.4. The molecule has 1 heterocycles. The first kappa shape index (κ1) is 20.0. The number of allylic oxidation sites excluding steroid dienone is 6. The minimum Gasteiger partial charge on any atom is -0.468 e.